The van der Waals surface area contributed by atoms with Crippen LogP contribution in [-0.2, 0) is 22.4 Å². The fraction of sp³-hybridized carbons (Fsp3) is 0.700. The Labute approximate surface area is 177 Å². The molecule has 2 atom stereocenters. The molecule has 172 valence electrons. The average molecular weight is 445 g/mol. The zero-order valence-electron chi connectivity index (χ0n) is 17.7. The van der Waals surface area contributed by atoms with Crippen molar-refractivity contribution in [2.24, 2.45) is 11.8 Å². The second-order valence-corrected chi connectivity index (χ2v) is 9.26. The summed E-state index contributed by atoms with van der Waals surface area (Å²) in [6.45, 7) is 4.61. The van der Waals surface area contributed by atoms with Crippen molar-refractivity contribution in [2.45, 2.75) is 64.7 Å². The zero-order valence-corrected chi connectivity index (χ0v) is 17.7. The Bertz CT molecular complexity index is 882. The predicted octanol–water partition coefficient (Wildman–Crippen LogP) is 3.45. The predicted molar refractivity (Wildman–Crippen MR) is 104 cm³/mol. The fourth-order valence-electron chi connectivity index (χ4n) is 4.51. The van der Waals surface area contributed by atoms with Crippen LogP contribution in [0.15, 0.2) is 6.20 Å². The topological polar surface area (TPSA) is 99.6 Å². The van der Waals surface area contributed by atoms with Gasteiger partial charge in [0.05, 0.1) is 22.8 Å². The fourth-order valence-corrected chi connectivity index (χ4v) is 4.51. The first kappa shape index (κ1) is 23.1. The van der Waals surface area contributed by atoms with Gasteiger partial charge in [0.2, 0.25) is 0 Å². The quantitative estimate of drug-likeness (QED) is 0.231. The molecule has 1 aliphatic heterocycles. The minimum absolute atomic E-state index is 0.0436. The summed E-state index contributed by atoms with van der Waals surface area (Å²) in [5, 5.41) is 23.8. The molecule has 2 aliphatic rings. The van der Waals surface area contributed by atoms with Gasteiger partial charge in [0, 0.05) is 19.5 Å². The largest absolute Gasteiger partial charge is 0.618 e. The van der Waals surface area contributed by atoms with Crippen molar-refractivity contribution in [3.63, 3.8) is 0 Å². The number of aromatic nitrogens is 1. The Hall–Kier alpha value is -2.59. The molecule has 1 saturated heterocycles. The van der Waals surface area contributed by atoms with Crippen molar-refractivity contribution in [1.82, 2.24) is 0 Å². The number of fused-ring (bicyclic) bond motifs is 1. The summed E-state index contributed by atoms with van der Waals surface area (Å²) in [5.41, 5.74) is -0.404. The normalized spacial score (nSPS) is 21.7. The second kappa shape index (κ2) is 8.16. The van der Waals surface area contributed by atoms with Crippen molar-refractivity contribution in [3.05, 3.63) is 32.8 Å². The molecule has 1 aromatic heterocycles. The maximum atomic E-state index is 13.7. The minimum atomic E-state index is -4.52. The third kappa shape index (κ3) is 5.19. The van der Waals surface area contributed by atoms with Crippen LogP contribution in [0.4, 0.5) is 24.5 Å². The van der Waals surface area contributed by atoms with Crippen LogP contribution in [0, 0.1) is 27.2 Å². The zero-order chi connectivity index (χ0) is 23.1. The van der Waals surface area contributed by atoms with Crippen LogP contribution in [0.3, 0.4) is 0 Å². The first-order valence-corrected chi connectivity index (χ1v) is 10.2. The van der Waals surface area contributed by atoms with Gasteiger partial charge in [0.15, 0.2) is 5.69 Å². The molecule has 1 aromatic rings. The molecule has 0 amide bonds. The van der Waals surface area contributed by atoms with E-state index >= 15 is 0 Å². The Kier molecular flexibility index (Phi) is 6.07. The lowest BCUT2D eigenvalue weighted by molar-refractivity contribution is -0.617. The molecule has 0 spiro atoms. The third-order valence-electron chi connectivity index (χ3n) is 5.61. The summed E-state index contributed by atoms with van der Waals surface area (Å²) in [4.78, 5) is 24.5. The van der Waals surface area contributed by atoms with Gasteiger partial charge in [-0.3, -0.25) is 14.9 Å². The molecule has 0 unspecified atom stereocenters. The number of ether oxygens (including phenoxy) is 1. The van der Waals surface area contributed by atoms with Gasteiger partial charge in [-0.15, -0.1) is 0 Å². The number of pyridine rings is 1. The van der Waals surface area contributed by atoms with Gasteiger partial charge in [0.1, 0.15) is 11.3 Å². The van der Waals surface area contributed by atoms with Gasteiger partial charge in [-0.1, -0.05) is 0 Å². The van der Waals surface area contributed by atoms with Crippen molar-refractivity contribution >= 4 is 17.3 Å². The second-order valence-electron chi connectivity index (χ2n) is 9.26. The van der Waals surface area contributed by atoms with Gasteiger partial charge in [-0.25, -0.2) is 0 Å². The molecule has 0 radical (unpaired) electrons. The molecule has 0 bridgehead atoms. The maximum Gasteiger partial charge on any atom is 0.393 e. The van der Waals surface area contributed by atoms with Crippen LogP contribution >= 0.6 is 0 Å². The molecule has 0 aromatic carbocycles. The monoisotopic (exact) mass is 445 g/mol. The standard InChI is InChI=1S/C20H26F3N3O5/c1-19(2,3)31-17(27)8-12-7-13(20(21,22)23)10-24(9-12)18-14-5-4-6-15(14)25(28)11-16(18)26(29)30/h11-13H,4-10H2,1-3H3/t12-,13-/m1/s1. The molecule has 31 heavy (non-hydrogen) atoms. The number of nitrogens with zero attached hydrogens (tertiary/aromatic N) is 3. The van der Waals surface area contributed by atoms with E-state index in [-0.39, 0.29) is 25.1 Å². The van der Waals surface area contributed by atoms with E-state index in [1.165, 1.54) is 4.90 Å². The summed E-state index contributed by atoms with van der Waals surface area (Å²) in [5.74, 6) is -3.04. The number of halogens is 3. The van der Waals surface area contributed by atoms with E-state index in [0.717, 1.165) is 6.20 Å². The number of piperidine rings is 1. The van der Waals surface area contributed by atoms with Gasteiger partial charge in [-0.2, -0.15) is 17.9 Å². The summed E-state index contributed by atoms with van der Waals surface area (Å²) in [7, 11) is 0. The number of alkyl halides is 3. The number of esters is 1. The van der Waals surface area contributed by atoms with Gasteiger partial charge in [0.25, 0.3) is 6.20 Å². The van der Waals surface area contributed by atoms with Crippen LogP contribution in [0.2, 0.25) is 0 Å². The lowest BCUT2D eigenvalue weighted by Gasteiger charge is -2.39. The van der Waals surface area contributed by atoms with Gasteiger partial charge >= 0.3 is 17.8 Å². The summed E-state index contributed by atoms with van der Waals surface area (Å²) >= 11 is 0. The van der Waals surface area contributed by atoms with Gasteiger partial charge < -0.3 is 14.8 Å². The highest BCUT2D eigenvalue weighted by Crippen LogP contribution is 2.43. The van der Waals surface area contributed by atoms with Crippen LogP contribution in [0.25, 0.3) is 0 Å². The van der Waals surface area contributed by atoms with E-state index in [9.17, 15) is 33.3 Å². The lowest BCUT2D eigenvalue weighted by atomic mass is 9.86. The molecule has 11 heteroatoms. The highest BCUT2D eigenvalue weighted by molar-refractivity contribution is 5.71. The smallest absolute Gasteiger partial charge is 0.393 e. The Morgan fingerprint density at radius 3 is 2.55 bits per heavy atom. The number of hydrogen-bond donors (Lipinski definition) is 0. The molecule has 8 nitrogen and oxygen atoms in total. The van der Waals surface area contributed by atoms with E-state index in [0.29, 0.717) is 35.3 Å². The molecular formula is C20H26F3N3O5. The Morgan fingerprint density at radius 1 is 1.29 bits per heavy atom. The first-order valence-electron chi connectivity index (χ1n) is 10.2. The minimum Gasteiger partial charge on any atom is -0.618 e. The van der Waals surface area contributed by atoms with E-state index < -0.39 is 46.7 Å². The molecular weight excluding hydrogens is 419 g/mol. The summed E-state index contributed by atoms with van der Waals surface area (Å²) in [6, 6.07) is 0. The molecule has 3 rings (SSSR count). The maximum absolute atomic E-state index is 13.7. The van der Waals surface area contributed by atoms with Crippen LogP contribution in [0.5, 0.6) is 0 Å². The van der Waals surface area contributed by atoms with E-state index in [1.807, 2.05) is 0 Å². The number of anilines is 1. The molecule has 0 saturated carbocycles. The van der Waals surface area contributed by atoms with Crippen LogP contribution in [-0.4, -0.2) is 35.8 Å². The lowest BCUT2D eigenvalue weighted by Crippen LogP contribution is -2.47. The Balaban J connectivity index is 1.97. The molecule has 0 N–H and O–H groups in total. The van der Waals surface area contributed by atoms with Crippen LogP contribution < -0.4 is 9.63 Å². The van der Waals surface area contributed by atoms with Crippen molar-refractivity contribution in [2.75, 3.05) is 18.0 Å². The molecule has 1 aliphatic carbocycles. The summed E-state index contributed by atoms with van der Waals surface area (Å²) < 4.78 is 46.8. The third-order valence-corrected chi connectivity index (χ3v) is 5.61. The highest BCUT2D eigenvalue weighted by atomic mass is 19.4. The van der Waals surface area contributed by atoms with E-state index in [4.69, 9.17) is 4.74 Å². The first-order chi connectivity index (χ1) is 14.3. The molecule has 2 heterocycles. The Morgan fingerprint density at radius 2 is 1.97 bits per heavy atom. The van der Waals surface area contributed by atoms with Gasteiger partial charge in [-0.05, 0) is 46.0 Å². The summed E-state index contributed by atoms with van der Waals surface area (Å²) in [6.07, 6.45) is -2.76. The number of carbonyl (C=O) groups is 1. The van der Waals surface area contributed by atoms with E-state index in [2.05, 4.69) is 0 Å². The van der Waals surface area contributed by atoms with Crippen LogP contribution in [0.1, 0.15) is 51.3 Å². The molecule has 1 fully saturated rings. The van der Waals surface area contributed by atoms with Crippen molar-refractivity contribution in [3.8, 4) is 0 Å². The SMILES string of the molecule is CC(C)(C)OC(=O)C[C@H]1C[C@@H](C(F)(F)F)CN(c2c([N+](=O)[O-])c[n+]([O-])c3c2CCC3)C1. The number of hydrogen-bond acceptors (Lipinski definition) is 6. The number of rotatable bonds is 4. The number of nitro groups is 1. The number of carbonyl (C=O) groups excluding carboxylic acids is 1. The van der Waals surface area contributed by atoms with Crippen molar-refractivity contribution < 1.29 is 32.4 Å². The average Bonchev–Trinajstić information content (AvgIpc) is 3.08. The highest BCUT2D eigenvalue weighted by Gasteiger charge is 2.47. The van der Waals surface area contributed by atoms with E-state index in [1.54, 1.807) is 20.8 Å². The van der Waals surface area contributed by atoms with Crippen molar-refractivity contribution in [1.29, 1.82) is 0 Å².